The van der Waals surface area contributed by atoms with Crippen LogP contribution in [0.25, 0.3) is 0 Å². The third-order valence-corrected chi connectivity index (χ3v) is 4.25. The van der Waals surface area contributed by atoms with Gasteiger partial charge in [0.25, 0.3) is 5.69 Å². The van der Waals surface area contributed by atoms with Crippen LogP contribution in [0.1, 0.15) is 18.4 Å². The largest absolute Gasteiger partial charge is 0.469 e. The van der Waals surface area contributed by atoms with Crippen molar-refractivity contribution >= 4 is 27.6 Å². The summed E-state index contributed by atoms with van der Waals surface area (Å²) < 4.78 is 5.45. The lowest BCUT2D eigenvalue weighted by atomic mass is 9.96. The van der Waals surface area contributed by atoms with E-state index >= 15 is 0 Å². The lowest BCUT2D eigenvalue weighted by Gasteiger charge is -2.30. The molecule has 0 amide bonds. The molecule has 0 N–H and O–H groups in total. The van der Waals surface area contributed by atoms with Crippen molar-refractivity contribution in [3.05, 3.63) is 38.3 Å². The molecule has 0 spiro atoms. The highest BCUT2D eigenvalue weighted by Crippen LogP contribution is 2.26. The summed E-state index contributed by atoms with van der Waals surface area (Å²) >= 11 is 3.25. The summed E-state index contributed by atoms with van der Waals surface area (Å²) in [6.45, 7) is 2.01. The van der Waals surface area contributed by atoms with Crippen molar-refractivity contribution in [2.45, 2.75) is 19.4 Å². The van der Waals surface area contributed by atoms with Gasteiger partial charge in [-0.3, -0.25) is 19.8 Å². The van der Waals surface area contributed by atoms with Gasteiger partial charge in [-0.05, 0) is 38.1 Å². The average Bonchev–Trinajstić information content (AvgIpc) is 2.49. The molecule has 0 radical (unpaired) electrons. The van der Waals surface area contributed by atoms with Crippen LogP contribution in [0.5, 0.6) is 0 Å². The first-order valence-electron chi connectivity index (χ1n) is 6.74. The number of esters is 1. The third-order valence-electron chi connectivity index (χ3n) is 3.76. The molecule has 1 aliphatic heterocycles. The Hall–Kier alpha value is -1.47. The number of hydrogen-bond donors (Lipinski definition) is 0. The zero-order chi connectivity index (χ0) is 15.4. The minimum absolute atomic E-state index is 0.0499. The van der Waals surface area contributed by atoms with Gasteiger partial charge in [0.05, 0.1) is 18.0 Å². The fraction of sp³-hybridized carbons (Fsp3) is 0.500. The van der Waals surface area contributed by atoms with Gasteiger partial charge in [0.2, 0.25) is 0 Å². The van der Waals surface area contributed by atoms with E-state index in [0.29, 0.717) is 16.6 Å². The highest BCUT2D eigenvalue weighted by Gasteiger charge is 2.26. The van der Waals surface area contributed by atoms with Gasteiger partial charge in [-0.15, -0.1) is 0 Å². The van der Waals surface area contributed by atoms with Crippen molar-refractivity contribution < 1.29 is 14.5 Å². The van der Waals surface area contributed by atoms with E-state index in [1.165, 1.54) is 13.2 Å². The van der Waals surface area contributed by atoms with Crippen LogP contribution in [0.4, 0.5) is 5.69 Å². The molecule has 0 aliphatic carbocycles. The number of hydrogen-bond acceptors (Lipinski definition) is 5. The molecule has 2 rings (SSSR count). The van der Waals surface area contributed by atoms with Crippen LogP contribution in [-0.4, -0.2) is 36.0 Å². The van der Waals surface area contributed by atoms with Crippen molar-refractivity contribution in [2.75, 3.05) is 20.2 Å². The van der Waals surface area contributed by atoms with Crippen molar-refractivity contribution in [1.29, 1.82) is 0 Å². The maximum absolute atomic E-state index is 11.5. The molecule has 7 heteroatoms. The zero-order valence-electron chi connectivity index (χ0n) is 11.8. The summed E-state index contributed by atoms with van der Waals surface area (Å²) in [5.74, 6) is -0.213. The van der Waals surface area contributed by atoms with Gasteiger partial charge in [-0.25, -0.2) is 0 Å². The minimum atomic E-state index is -0.360. The average molecular weight is 357 g/mol. The van der Waals surface area contributed by atoms with Crippen molar-refractivity contribution in [3.63, 3.8) is 0 Å². The summed E-state index contributed by atoms with van der Waals surface area (Å²) in [5, 5.41) is 11.1. The van der Waals surface area contributed by atoms with E-state index in [1.807, 2.05) is 6.07 Å². The van der Waals surface area contributed by atoms with Crippen LogP contribution in [-0.2, 0) is 16.1 Å². The molecule has 0 unspecified atom stereocenters. The Kier molecular flexibility index (Phi) is 5.30. The molecule has 0 aromatic heterocycles. The van der Waals surface area contributed by atoms with Gasteiger partial charge < -0.3 is 4.74 Å². The lowest BCUT2D eigenvalue weighted by molar-refractivity contribution is -0.385. The number of methoxy groups -OCH3 is 1. The second kappa shape index (κ2) is 7.00. The number of nitro benzene ring substituents is 1. The summed E-state index contributed by atoms with van der Waals surface area (Å²) in [6.07, 6.45) is 1.47. The second-order valence-electron chi connectivity index (χ2n) is 5.10. The number of nitrogens with zero attached hydrogens (tertiary/aromatic N) is 2. The van der Waals surface area contributed by atoms with Crippen molar-refractivity contribution in [1.82, 2.24) is 4.90 Å². The molecule has 0 saturated carbocycles. The van der Waals surface area contributed by atoms with Crippen molar-refractivity contribution in [2.24, 2.45) is 5.92 Å². The Labute approximate surface area is 131 Å². The van der Waals surface area contributed by atoms with E-state index in [4.69, 9.17) is 4.74 Å². The van der Waals surface area contributed by atoms with E-state index in [-0.39, 0.29) is 22.5 Å². The van der Waals surface area contributed by atoms with E-state index in [1.54, 1.807) is 6.07 Å². The molecule has 1 aliphatic rings. The van der Waals surface area contributed by atoms with Crippen LogP contribution in [0, 0.1) is 16.0 Å². The molecule has 0 atom stereocenters. The number of benzene rings is 1. The fourth-order valence-electron chi connectivity index (χ4n) is 2.58. The number of rotatable bonds is 4. The highest BCUT2D eigenvalue weighted by molar-refractivity contribution is 9.10. The smallest absolute Gasteiger partial charge is 0.308 e. The number of likely N-dealkylation sites (tertiary alicyclic amines) is 1. The van der Waals surface area contributed by atoms with Gasteiger partial charge in [-0.2, -0.15) is 0 Å². The number of carbonyl (C=O) groups is 1. The fourth-order valence-corrected chi connectivity index (χ4v) is 2.92. The molecule has 1 heterocycles. The number of halogens is 1. The van der Waals surface area contributed by atoms with Gasteiger partial charge >= 0.3 is 5.97 Å². The molecular weight excluding hydrogens is 340 g/mol. The van der Waals surface area contributed by atoms with Gasteiger partial charge in [0, 0.05) is 22.6 Å². The van der Waals surface area contributed by atoms with E-state index in [9.17, 15) is 14.9 Å². The van der Waals surface area contributed by atoms with Gasteiger partial charge in [0.1, 0.15) is 0 Å². The van der Waals surface area contributed by atoms with Crippen LogP contribution in [0.15, 0.2) is 22.7 Å². The molecule has 21 heavy (non-hydrogen) atoms. The van der Waals surface area contributed by atoms with Crippen LogP contribution in [0.2, 0.25) is 0 Å². The molecule has 0 bridgehead atoms. The zero-order valence-corrected chi connectivity index (χ0v) is 13.3. The Morgan fingerprint density at radius 1 is 1.48 bits per heavy atom. The molecule has 1 aromatic rings. The predicted molar refractivity (Wildman–Crippen MR) is 80.8 cm³/mol. The monoisotopic (exact) mass is 356 g/mol. The van der Waals surface area contributed by atoms with Crippen molar-refractivity contribution in [3.8, 4) is 0 Å². The summed E-state index contributed by atoms with van der Waals surface area (Å²) in [5.41, 5.74) is 0.819. The van der Waals surface area contributed by atoms with Gasteiger partial charge in [-0.1, -0.05) is 15.9 Å². The lowest BCUT2D eigenvalue weighted by Crippen LogP contribution is -2.36. The number of nitro groups is 1. The first-order valence-corrected chi connectivity index (χ1v) is 7.53. The summed E-state index contributed by atoms with van der Waals surface area (Å²) in [7, 11) is 1.40. The maximum Gasteiger partial charge on any atom is 0.308 e. The Balaban J connectivity index is 2.01. The minimum Gasteiger partial charge on any atom is -0.469 e. The maximum atomic E-state index is 11.5. The Bertz CT molecular complexity index is 542. The van der Waals surface area contributed by atoms with Crippen LogP contribution >= 0.6 is 15.9 Å². The molecule has 1 fully saturated rings. The van der Waals surface area contributed by atoms with Crippen LogP contribution < -0.4 is 0 Å². The first-order chi connectivity index (χ1) is 10.0. The predicted octanol–water partition coefficient (Wildman–Crippen LogP) is 2.74. The molecule has 1 saturated heterocycles. The SMILES string of the molecule is COC(=O)C1CCN(Cc2ccc(Br)cc2[N+](=O)[O-])CC1. The third kappa shape index (κ3) is 4.01. The Morgan fingerprint density at radius 2 is 2.14 bits per heavy atom. The van der Waals surface area contributed by atoms with Crippen LogP contribution in [0.3, 0.4) is 0 Å². The first kappa shape index (κ1) is 15.9. The highest BCUT2D eigenvalue weighted by atomic mass is 79.9. The van der Waals surface area contributed by atoms with E-state index in [0.717, 1.165) is 25.9 Å². The molecule has 6 nitrogen and oxygen atoms in total. The summed E-state index contributed by atoms with van der Waals surface area (Å²) in [4.78, 5) is 24.4. The number of piperidine rings is 1. The topological polar surface area (TPSA) is 72.7 Å². The normalized spacial score (nSPS) is 16.7. The number of ether oxygens (including phenoxy) is 1. The van der Waals surface area contributed by atoms with Gasteiger partial charge in [0.15, 0.2) is 0 Å². The quantitative estimate of drug-likeness (QED) is 0.471. The Morgan fingerprint density at radius 3 is 2.71 bits per heavy atom. The second-order valence-corrected chi connectivity index (χ2v) is 6.02. The van der Waals surface area contributed by atoms with E-state index in [2.05, 4.69) is 20.8 Å². The van der Waals surface area contributed by atoms with E-state index < -0.39 is 0 Å². The standard InChI is InChI=1S/C14H17BrN2O4/c1-21-14(18)10-4-6-16(7-5-10)9-11-2-3-12(15)8-13(11)17(19)20/h2-3,8,10H,4-7,9H2,1H3. The number of carbonyl (C=O) groups excluding carboxylic acids is 1. The summed E-state index contributed by atoms with van der Waals surface area (Å²) in [6, 6.07) is 5.11. The molecule has 114 valence electrons. The molecular formula is C14H17BrN2O4. The molecule has 1 aromatic carbocycles.